The summed E-state index contributed by atoms with van der Waals surface area (Å²) in [7, 11) is 1.78. The third-order valence-corrected chi connectivity index (χ3v) is 2.35. The number of halogens is 3. The highest BCUT2D eigenvalue weighted by atomic mass is 19.4. The molecule has 1 unspecified atom stereocenters. The van der Waals surface area contributed by atoms with E-state index in [1.807, 2.05) is 0 Å². The maximum absolute atomic E-state index is 12.4. The molecule has 16 heavy (non-hydrogen) atoms. The third kappa shape index (κ3) is 3.50. The molecule has 0 aromatic heterocycles. The van der Waals surface area contributed by atoms with Gasteiger partial charge in [-0.2, -0.15) is 13.2 Å². The van der Waals surface area contributed by atoms with Crippen molar-refractivity contribution in [1.82, 2.24) is 5.32 Å². The number of hydrogen-bond donors (Lipinski definition) is 2. The van der Waals surface area contributed by atoms with Crippen molar-refractivity contribution < 1.29 is 13.2 Å². The van der Waals surface area contributed by atoms with Gasteiger partial charge >= 0.3 is 6.18 Å². The molecule has 0 amide bonds. The molecule has 0 saturated carbocycles. The van der Waals surface area contributed by atoms with Gasteiger partial charge in [0.15, 0.2) is 0 Å². The highest BCUT2D eigenvalue weighted by molar-refractivity contribution is 5.27. The van der Waals surface area contributed by atoms with Crippen LogP contribution >= 0.6 is 0 Å². The van der Waals surface area contributed by atoms with E-state index in [0.29, 0.717) is 18.5 Å². The minimum atomic E-state index is -4.31. The molecule has 1 aromatic carbocycles. The topological polar surface area (TPSA) is 38.0 Å². The highest BCUT2D eigenvalue weighted by Gasteiger charge is 2.30. The molecule has 0 bridgehead atoms. The number of nitrogens with two attached hydrogens (primary N) is 1. The molecule has 0 radical (unpaired) electrons. The molecule has 0 aliphatic carbocycles. The summed E-state index contributed by atoms with van der Waals surface area (Å²) in [6, 6.07) is 4.80. The lowest BCUT2D eigenvalue weighted by atomic mass is 10.0. The average Bonchev–Trinajstić information content (AvgIpc) is 2.25. The molecule has 90 valence electrons. The molecule has 0 heterocycles. The molecule has 0 fully saturated rings. The van der Waals surface area contributed by atoms with E-state index in [1.165, 1.54) is 6.07 Å². The maximum Gasteiger partial charge on any atom is 0.416 e. The van der Waals surface area contributed by atoms with Gasteiger partial charge in [0.1, 0.15) is 0 Å². The van der Waals surface area contributed by atoms with Gasteiger partial charge in [-0.05, 0) is 37.7 Å². The van der Waals surface area contributed by atoms with Crippen molar-refractivity contribution in [2.24, 2.45) is 5.73 Å². The predicted molar refractivity (Wildman–Crippen MR) is 56.9 cm³/mol. The Morgan fingerprint density at radius 2 is 2.06 bits per heavy atom. The van der Waals surface area contributed by atoms with E-state index < -0.39 is 11.7 Å². The van der Waals surface area contributed by atoms with Crippen molar-refractivity contribution in [2.45, 2.75) is 18.6 Å². The predicted octanol–water partition coefficient (Wildman–Crippen LogP) is 2.31. The second-order valence-electron chi connectivity index (χ2n) is 3.62. The minimum Gasteiger partial charge on any atom is -0.324 e. The molecule has 5 heteroatoms. The van der Waals surface area contributed by atoms with E-state index in [2.05, 4.69) is 5.32 Å². The fraction of sp³-hybridized carbons (Fsp3) is 0.455. The van der Waals surface area contributed by atoms with Gasteiger partial charge in [0.05, 0.1) is 5.56 Å². The van der Waals surface area contributed by atoms with Gasteiger partial charge in [-0.15, -0.1) is 0 Å². The van der Waals surface area contributed by atoms with E-state index in [4.69, 9.17) is 5.73 Å². The van der Waals surface area contributed by atoms with Crippen LogP contribution in [0.4, 0.5) is 13.2 Å². The van der Waals surface area contributed by atoms with Crippen molar-refractivity contribution in [1.29, 1.82) is 0 Å². The molecule has 0 saturated heterocycles. The lowest BCUT2D eigenvalue weighted by Crippen LogP contribution is -2.18. The van der Waals surface area contributed by atoms with Crippen LogP contribution in [0.3, 0.4) is 0 Å². The molecule has 3 N–H and O–H groups in total. The number of hydrogen-bond acceptors (Lipinski definition) is 2. The van der Waals surface area contributed by atoms with Crippen molar-refractivity contribution in [3.63, 3.8) is 0 Å². The van der Waals surface area contributed by atoms with Crippen LogP contribution in [0.15, 0.2) is 24.3 Å². The molecular formula is C11H15F3N2. The first-order valence-electron chi connectivity index (χ1n) is 5.02. The van der Waals surface area contributed by atoms with E-state index in [-0.39, 0.29) is 6.04 Å². The van der Waals surface area contributed by atoms with Gasteiger partial charge in [-0.3, -0.25) is 0 Å². The molecule has 0 aliphatic heterocycles. The van der Waals surface area contributed by atoms with Crippen LogP contribution in [0, 0.1) is 0 Å². The van der Waals surface area contributed by atoms with Crippen LogP contribution < -0.4 is 11.1 Å². The first kappa shape index (κ1) is 13.0. The molecular weight excluding hydrogens is 217 g/mol. The Morgan fingerprint density at radius 3 is 2.62 bits per heavy atom. The Morgan fingerprint density at radius 1 is 1.38 bits per heavy atom. The summed E-state index contributed by atoms with van der Waals surface area (Å²) in [5, 5.41) is 2.91. The second-order valence-corrected chi connectivity index (χ2v) is 3.62. The fourth-order valence-corrected chi connectivity index (χ4v) is 1.41. The van der Waals surface area contributed by atoms with E-state index in [1.54, 1.807) is 13.1 Å². The van der Waals surface area contributed by atoms with Gasteiger partial charge < -0.3 is 11.1 Å². The van der Waals surface area contributed by atoms with Gasteiger partial charge in [0.2, 0.25) is 0 Å². The van der Waals surface area contributed by atoms with Crippen LogP contribution in [0.5, 0.6) is 0 Å². The lowest BCUT2D eigenvalue weighted by molar-refractivity contribution is -0.137. The summed E-state index contributed by atoms with van der Waals surface area (Å²) in [4.78, 5) is 0. The van der Waals surface area contributed by atoms with E-state index >= 15 is 0 Å². The van der Waals surface area contributed by atoms with Gasteiger partial charge in [-0.25, -0.2) is 0 Å². The molecule has 0 aliphatic rings. The Balaban J connectivity index is 2.82. The highest BCUT2D eigenvalue weighted by Crippen LogP contribution is 2.30. The van der Waals surface area contributed by atoms with Crippen molar-refractivity contribution in [3.8, 4) is 0 Å². The normalized spacial score (nSPS) is 13.8. The summed E-state index contributed by atoms with van der Waals surface area (Å²) in [6.45, 7) is 0.678. The van der Waals surface area contributed by atoms with Crippen LogP contribution in [0.2, 0.25) is 0 Å². The Labute approximate surface area is 92.6 Å². The zero-order valence-corrected chi connectivity index (χ0v) is 9.01. The van der Waals surface area contributed by atoms with Crippen LogP contribution in [0.25, 0.3) is 0 Å². The molecule has 1 rings (SSSR count). The smallest absolute Gasteiger partial charge is 0.324 e. The SMILES string of the molecule is CNCCC(N)c1cccc(C(F)(F)F)c1. The maximum atomic E-state index is 12.4. The Kier molecular flexibility index (Phi) is 4.32. The van der Waals surface area contributed by atoms with Gasteiger partial charge in [-0.1, -0.05) is 12.1 Å². The summed E-state index contributed by atoms with van der Waals surface area (Å²) in [5.41, 5.74) is 5.66. The number of rotatable bonds is 4. The van der Waals surface area contributed by atoms with Crippen molar-refractivity contribution >= 4 is 0 Å². The summed E-state index contributed by atoms with van der Waals surface area (Å²) >= 11 is 0. The Hall–Kier alpha value is -1.07. The van der Waals surface area contributed by atoms with E-state index in [0.717, 1.165) is 12.1 Å². The third-order valence-electron chi connectivity index (χ3n) is 2.35. The summed E-state index contributed by atoms with van der Waals surface area (Å²) in [6.07, 6.45) is -3.70. The molecule has 2 nitrogen and oxygen atoms in total. The quantitative estimate of drug-likeness (QED) is 0.836. The first-order valence-corrected chi connectivity index (χ1v) is 5.02. The van der Waals surface area contributed by atoms with Crippen molar-refractivity contribution in [3.05, 3.63) is 35.4 Å². The van der Waals surface area contributed by atoms with Gasteiger partial charge in [0, 0.05) is 6.04 Å². The monoisotopic (exact) mass is 232 g/mol. The lowest BCUT2D eigenvalue weighted by Gasteiger charge is -2.14. The van der Waals surface area contributed by atoms with Crippen LogP contribution in [-0.2, 0) is 6.18 Å². The average molecular weight is 232 g/mol. The van der Waals surface area contributed by atoms with Crippen LogP contribution in [-0.4, -0.2) is 13.6 Å². The largest absolute Gasteiger partial charge is 0.416 e. The summed E-state index contributed by atoms with van der Waals surface area (Å²) < 4.78 is 37.3. The fourth-order valence-electron chi connectivity index (χ4n) is 1.41. The number of nitrogens with one attached hydrogen (secondary N) is 1. The van der Waals surface area contributed by atoms with Crippen molar-refractivity contribution in [2.75, 3.05) is 13.6 Å². The first-order chi connectivity index (χ1) is 7.45. The standard InChI is InChI=1S/C11H15F3N2/c1-16-6-5-10(15)8-3-2-4-9(7-8)11(12,13)14/h2-4,7,10,16H,5-6,15H2,1H3. The van der Waals surface area contributed by atoms with Crippen LogP contribution in [0.1, 0.15) is 23.6 Å². The number of benzene rings is 1. The van der Waals surface area contributed by atoms with Gasteiger partial charge in [0.25, 0.3) is 0 Å². The molecule has 1 aromatic rings. The molecule has 0 spiro atoms. The zero-order chi connectivity index (χ0) is 12.2. The Bertz CT molecular complexity index is 336. The zero-order valence-electron chi connectivity index (χ0n) is 9.01. The number of alkyl halides is 3. The minimum absolute atomic E-state index is 0.366. The second kappa shape index (κ2) is 5.32. The summed E-state index contributed by atoms with van der Waals surface area (Å²) in [5.74, 6) is 0. The molecule has 1 atom stereocenters. The van der Waals surface area contributed by atoms with E-state index in [9.17, 15) is 13.2 Å².